The number of carbonyl (C=O) groups is 2. The van der Waals surface area contributed by atoms with Crippen LogP contribution >= 0.6 is 0 Å². The first-order valence-electron chi connectivity index (χ1n) is 11.3. The average Bonchev–Trinajstić information content (AvgIpc) is 2.74. The summed E-state index contributed by atoms with van der Waals surface area (Å²) in [4.78, 5) is 25.7. The van der Waals surface area contributed by atoms with E-state index in [9.17, 15) is 9.59 Å². The van der Waals surface area contributed by atoms with Gasteiger partial charge in [0, 0.05) is 12.3 Å². The molecule has 1 aliphatic carbocycles. The molecule has 2 rings (SSSR count). The van der Waals surface area contributed by atoms with Crippen LogP contribution in [0, 0.1) is 5.92 Å². The van der Waals surface area contributed by atoms with Gasteiger partial charge in [0.05, 0.1) is 12.7 Å². The van der Waals surface area contributed by atoms with Crippen molar-refractivity contribution < 1.29 is 23.8 Å². The van der Waals surface area contributed by atoms with Crippen molar-refractivity contribution in [2.75, 3.05) is 18.5 Å². The van der Waals surface area contributed by atoms with Gasteiger partial charge >= 0.3 is 5.97 Å². The predicted octanol–water partition coefficient (Wildman–Crippen LogP) is 5.35. The predicted molar refractivity (Wildman–Crippen MR) is 118 cm³/mol. The van der Waals surface area contributed by atoms with Crippen molar-refractivity contribution in [3.63, 3.8) is 0 Å². The molecule has 1 N–H and O–H groups in total. The maximum Gasteiger partial charge on any atom is 0.341 e. The highest BCUT2D eigenvalue weighted by atomic mass is 16.5. The second kappa shape index (κ2) is 11.3. The van der Waals surface area contributed by atoms with Gasteiger partial charge in [-0.25, -0.2) is 4.79 Å². The first kappa shape index (κ1) is 24.2. The van der Waals surface area contributed by atoms with Crippen LogP contribution in [-0.2, 0) is 14.3 Å². The van der Waals surface area contributed by atoms with Gasteiger partial charge in [0.25, 0.3) is 5.91 Å². The van der Waals surface area contributed by atoms with Crippen LogP contribution in [0.1, 0.15) is 83.5 Å². The molecule has 1 fully saturated rings. The first-order chi connectivity index (χ1) is 14.3. The molecular formula is C24H37NO5. The van der Waals surface area contributed by atoms with Crippen molar-refractivity contribution in [1.82, 2.24) is 0 Å². The van der Waals surface area contributed by atoms with Crippen LogP contribution < -0.4 is 10.1 Å². The smallest absolute Gasteiger partial charge is 0.341 e. The molecule has 0 aromatic heterocycles. The summed E-state index contributed by atoms with van der Waals surface area (Å²) in [5.41, 5.74) is 0.0480. The summed E-state index contributed by atoms with van der Waals surface area (Å²) in [5, 5.41) is 2.98. The molecule has 1 aliphatic rings. The quantitative estimate of drug-likeness (QED) is 0.517. The van der Waals surface area contributed by atoms with E-state index in [2.05, 4.69) is 12.2 Å². The number of hydrogen-bond donors (Lipinski definition) is 1. The lowest BCUT2D eigenvalue weighted by Crippen LogP contribution is -2.48. The molecule has 0 spiro atoms. The fourth-order valence-electron chi connectivity index (χ4n) is 3.59. The molecule has 1 saturated carbocycles. The van der Waals surface area contributed by atoms with E-state index in [0.717, 1.165) is 25.7 Å². The third-order valence-corrected chi connectivity index (χ3v) is 5.71. The maximum atomic E-state index is 13.2. The van der Waals surface area contributed by atoms with Gasteiger partial charge < -0.3 is 19.5 Å². The summed E-state index contributed by atoms with van der Waals surface area (Å²) >= 11 is 0. The van der Waals surface area contributed by atoms with Crippen LogP contribution in [0.5, 0.6) is 5.75 Å². The van der Waals surface area contributed by atoms with Gasteiger partial charge in [0.15, 0.2) is 0 Å². The molecule has 1 unspecified atom stereocenters. The van der Waals surface area contributed by atoms with E-state index in [0.29, 0.717) is 42.4 Å². The zero-order valence-corrected chi connectivity index (χ0v) is 19.1. The maximum absolute atomic E-state index is 13.2. The molecule has 1 aromatic carbocycles. The first-order valence-corrected chi connectivity index (χ1v) is 11.3. The third kappa shape index (κ3) is 6.21. The summed E-state index contributed by atoms with van der Waals surface area (Å²) in [6.45, 7) is 10.8. The standard InChI is InChI=1S/C24H37NO5/c1-6-15-29-24(13-11-17(4)12-14-24)23(27)25-19-9-10-21(30-18(5)7-2)20(16-19)22(26)28-8-3/h9-10,16-18H,6-8,11-15H2,1-5H3,(H,25,27). The van der Waals surface area contributed by atoms with Gasteiger partial charge in [-0.15, -0.1) is 0 Å². The van der Waals surface area contributed by atoms with Gasteiger partial charge in [0.1, 0.15) is 16.9 Å². The Bertz CT molecular complexity index is 704. The second-order valence-electron chi connectivity index (χ2n) is 8.25. The molecule has 168 valence electrons. The lowest BCUT2D eigenvalue weighted by atomic mass is 9.78. The summed E-state index contributed by atoms with van der Waals surface area (Å²) in [5.74, 6) is 0.455. The second-order valence-corrected chi connectivity index (χ2v) is 8.25. The minimum Gasteiger partial charge on any atom is -0.490 e. The zero-order valence-electron chi connectivity index (χ0n) is 19.1. The molecule has 0 radical (unpaired) electrons. The number of ether oxygens (including phenoxy) is 3. The zero-order chi connectivity index (χ0) is 22.1. The van der Waals surface area contributed by atoms with Gasteiger partial charge in [-0.1, -0.05) is 20.8 Å². The number of nitrogens with one attached hydrogen (secondary N) is 1. The van der Waals surface area contributed by atoms with E-state index in [1.165, 1.54) is 0 Å². The number of hydrogen-bond acceptors (Lipinski definition) is 5. The van der Waals surface area contributed by atoms with Crippen LogP contribution in [0.25, 0.3) is 0 Å². The Morgan fingerprint density at radius 2 is 1.90 bits per heavy atom. The lowest BCUT2D eigenvalue weighted by Gasteiger charge is -2.38. The molecule has 0 heterocycles. The summed E-state index contributed by atoms with van der Waals surface area (Å²) in [6.07, 6.45) is 4.99. The molecule has 1 atom stereocenters. The fourth-order valence-corrected chi connectivity index (χ4v) is 3.59. The lowest BCUT2D eigenvalue weighted by molar-refractivity contribution is -0.147. The van der Waals surface area contributed by atoms with E-state index in [1.54, 1.807) is 25.1 Å². The van der Waals surface area contributed by atoms with Crippen LogP contribution in [0.2, 0.25) is 0 Å². The van der Waals surface area contributed by atoms with E-state index in [-0.39, 0.29) is 18.6 Å². The third-order valence-electron chi connectivity index (χ3n) is 5.71. The Kier molecular flexibility index (Phi) is 9.15. The van der Waals surface area contributed by atoms with Crippen molar-refractivity contribution in [2.24, 2.45) is 5.92 Å². The molecule has 6 nitrogen and oxygen atoms in total. The molecular weight excluding hydrogens is 382 g/mol. The molecule has 0 aliphatic heterocycles. The normalized spacial score (nSPS) is 22.2. The van der Waals surface area contributed by atoms with Crippen LogP contribution in [0.3, 0.4) is 0 Å². The minimum absolute atomic E-state index is 0.0337. The fraction of sp³-hybridized carbons (Fsp3) is 0.667. The Morgan fingerprint density at radius 1 is 1.20 bits per heavy atom. The van der Waals surface area contributed by atoms with Crippen molar-refractivity contribution in [2.45, 2.75) is 84.8 Å². The van der Waals surface area contributed by atoms with Crippen LogP contribution in [-0.4, -0.2) is 36.8 Å². The van der Waals surface area contributed by atoms with E-state index in [1.807, 2.05) is 20.8 Å². The van der Waals surface area contributed by atoms with Crippen LogP contribution in [0.15, 0.2) is 18.2 Å². The summed E-state index contributed by atoms with van der Waals surface area (Å²) < 4.78 is 17.2. The average molecular weight is 420 g/mol. The van der Waals surface area contributed by atoms with E-state index in [4.69, 9.17) is 14.2 Å². The van der Waals surface area contributed by atoms with Crippen molar-refractivity contribution in [1.29, 1.82) is 0 Å². The van der Waals surface area contributed by atoms with Gasteiger partial charge in [-0.05, 0) is 76.5 Å². The van der Waals surface area contributed by atoms with E-state index < -0.39 is 11.6 Å². The van der Waals surface area contributed by atoms with Crippen molar-refractivity contribution in [3.8, 4) is 5.75 Å². The Morgan fingerprint density at radius 3 is 2.50 bits per heavy atom. The largest absolute Gasteiger partial charge is 0.490 e. The summed E-state index contributed by atoms with van der Waals surface area (Å²) in [7, 11) is 0. The van der Waals surface area contributed by atoms with Gasteiger partial charge in [0.2, 0.25) is 0 Å². The highest BCUT2D eigenvalue weighted by Gasteiger charge is 2.42. The molecule has 30 heavy (non-hydrogen) atoms. The monoisotopic (exact) mass is 419 g/mol. The molecule has 1 aromatic rings. The highest BCUT2D eigenvalue weighted by Crippen LogP contribution is 2.36. The molecule has 6 heteroatoms. The van der Waals surface area contributed by atoms with Gasteiger partial charge in [-0.3, -0.25) is 4.79 Å². The number of esters is 1. The number of benzene rings is 1. The van der Waals surface area contributed by atoms with E-state index >= 15 is 0 Å². The number of carbonyl (C=O) groups excluding carboxylic acids is 2. The molecule has 0 saturated heterocycles. The van der Waals surface area contributed by atoms with Crippen molar-refractivity contribution in [3.05, 3.63) is 23.8 Å². The number of rotatable bonds is 10. The Hall–Kier alpha value is -2.08. The highest BCUT2D eigenvalue weighted by molar-refractivity contribution is 5.99. The van der Waals surface area contributed by atoms with Gasteiger partial charge in [-0.2, -0.15) is 0 Å². The molecule has 1 amide bonds. The Labute approximate surface area is 180 Å². The van der Waals surface area contributed by atoms with Crippen LogP contribution in [0.4, 0.5) is 5.69 Å². The minimum atomic E-state index is -0.807. The summed E-state index contributed by atoms with van der Waals surface area (Å²) in [6, 6.07) is 5.11. The Balaban J connectivity index is 2.25. The SMILES string of the molecule is CCCOC1(C(=O)Nc2ccc(OC(C)CC)c(C(=O)OCC)c2)CCC(C)CC1. The topological polar surface area (TPSA) is 73.9 Å². The number of amides is 1. The van der Waals surface area contributed by atoms with Crippen molar-refractivity contribution >= 4 is 17.6 Å². The number of anilines is 1. The molecule has 0 bridgehead atoms.